The lowest BCUT2D eigenvalue weighted by Gasteiger charge is -2.14. The van der Waals surface area contributed by atoms with Crippen LogP contribution in [0, 0.1) is 0 Å². The molecule has 1 atom stereocenters. The molecule has 0 heterocycles. The largest absolute Gasteiger partial charge is 0.330 e. The van der Waals surface area contributed by atoms with Crippen LogP contribution < -0.4 is 11.1 Å². The molecule has 0 aliphatic rings. The molecule has 1 rings (SSSR count). The molecule has 0 saturated carbocycles. The van der Waals surface area contributed by atoms with E-state index in [0.29, 0.717) is 6.04 Å². The van der Waals surface area contributed by atoms with E-state index in [2.05, 4.69) is 43.4 Å². The second kappa shape index (κ2) is 7.42. The Morgan fingerprint density at radius 3 is 2.44 bits per heavy atom. The molecule has 0 aliphatic heterocycles. The predicted molar refractivity (Wildman–Crippen MR) is 70.5 cm³/mol. The fourth-order valence-electron chi connectivity index (χ4n) is 1.75. The van der Waals surface area contributed by atoms with Gasteiger partial charge in [0.05, 0.1) is 0 Å². The van der Waals surface area contributed by atoms with Gasteiger partial charge in [-0.1, -0.05) is 31.2 Å². The van der Waals surface area contributed by atoms with Crippen LogP contribution in [0.2, 0.25) is 0 Å². The van der Waals surface area contributed by atoms with Crippen molar-refractivity contribution < 1.29 is 0 Å². The van der Waals surface area contributed by atoms with Gasteiger partial charge in [0.1, 0.15) is 0 Å². The zero-order valence-corrected chi connectivity index (χ0v) is 10.5. The van der Waals surface area contributed by atoms with E-state index in [-0.39, 0.29) is 0 Å². The van der Waals surface area contributed by atoms with E-state index in [4.69, 9.17) is 5.73 Å². The van der Waals surface area contributed by atoms with E-state index in [1.165, 1.54) is 11.1 Å². The monoisotopic (exact) mass is 220 g/mol. The van der Waals surface area contributed by atoms with Crippen molar-refractivity contribution in [1.29, 1.82) is 0 Å². The summed E-state index contributed by atoms with van der Waals surface area (Å²) < 4.78 is 0. The molecule has 16 heavy (non-hydrogen) atoms. The maximum Gasteiger partial charge on any atom is 0.0291 e. The summed E-state index contributed by atoms with van der Waals surface area (Å²) >= 11 is 0. The third kappa shape index (κ3) is 4.33. The SMILES string of the molecule is CCc1ccc(C(C)NCCCCN)cc1. The number of unbranched alkanes of at least 4 members (excludes halogenated alkanes) is 1. The molecule has 0 spiro atoms. The third-order valence-corrected chi connectivity index (χ3v) is 2.97. The van der Waals surface area contributed by atoms with E-state index in [1.54, 1.807) is 0 Å². The molecule has 0 amide bonds. The van der Waals surface area contributed by atoms with Crippen molar-refractivity contribution in [2.45, 2.75) is 39.2 Å². The van der Waals surface area contributed by atoms with Gasteiger partial charge in [-0.2, -0.15) is 0 Å². The van der Waals surface area contributed by atoms with Crippen LogP contribution in [-0.2, 0) is 6.42 Å². The molecular formula is C14H24N2. The van der Waals surface area contributed by atoms with Gasteiger partial charge < -0.3 is 11.1 Å². The lowest BCUT2D eigenvalue weighted by Crippen LogP contribution is -2.20. The van der Waals surface area contributed by atoms with Gasteiger partial charge in [-0.25, -0.2) is 0 Å². The highest BCUT2D eigenvalue weighted by atomic mass is 14.9. The van der Waals surface area contributed by atoms with Crippen molar-refractivity contribution in [3.63, 3.8) is 0 Å². The summed E-state index contributed by atoms with van der Waals surface area (Å²) in [5, 5.41) is 3.52. The van der Waals surface area contributed by atoms with Crippen molar-refractivity contribution in [1.82, 2.24) is 5.32 Å². The Bertz CT molecular complexity index is 279. The quantitative estimate of drug-likeness (QED) is 0.693. The fourth-order valence-corrected chi connectivity index (χ4v) is 1.75. The number of hydrogen-bond acceptors (Lipinski definition) is 2. The van der Waals surface area contributed by atoms with Gasteiger partial charge in [0.25, 0.3) is 0 Å². The normalized spacial score (nSPS) is 12.7. The molecule has 0 fully saturated rings. The smallest absolute Gasteiger partial charge is 0.0291 e. The van der Waals surface area contributed by atoms with Gasteiger partial charge in [0, 0.05) is 6.04 Å². The second-order valence-corrected chi connectivity index (χ2v) is 4.27. The first-order valence-electron chi connectivity index (χ1n) is 6.30. The van der Waals surface area contributed by atoms with Gasteiger partial charge >= 0.3 is 0 Å². The summed E-state index contributed by atoms with van der Waals surface area (Å²) in [6.45, 7) is 6.24. The summed E-state index contributed by atoms with van der Waals surface area (Å²) in [5.74, 6) is 0. The number of nitrogens with two attached hydrogens (primary N) is 1. The van der Waals surface area contributed by atoms with E-state index in [0.717, 1.165) is 32.4 Å². The van der Waals surface area contributed by atoms with Crippen LogP contribution in [0.5, 0.6) is 0 Å². The molecule has 90 valence electrons. The van der Waals surface area contributed by atoms with Crippen LogP contribution in [0.15, 0.2) is 24.3 Å². The van der Waals surface area contributed by atoms with Gasteiger partial charge in [-0.3, -0.25) is 0 Å². The minimum Gasteiger partial charge on any atom is -0.330 e. The Balaban J connectivity index is 2.37. The van der Waals surface area contributed by atoms with Gasteiger partial charge in [0.15, 0.2) is 0 Å². The number of nitrogens with one attached hydrogen (secondary N) is 1. The van der Waals surface area contributed by atoms with Crippen LogP contribution in [0.3, 0.4) is 0 Å². The first-order valence-corrected chi connectivity index (χ1v) is 6.30. The van der Waals surface area contributed by atoms with E-state index < -0.39 is 0 Å². The molecule has 2 heteroatoms. The zero-order valence-electron chi connectivity index (χ0n) is 10.5. The second-order valence-electron chi connectivity index (χ2n) is 4.27. The Morgan fingerprint density at radius 1 is 1.19 bits per heavy atom. The summed E-state index contributed by atoms with van der Waals surface area (Å²) in [7, 11) is 0. The van der Waals surface area contributed by atoms with Crippen LogP contribution in [0.25, 0.3) is 0 Å². The van der Waals surface area contributed by atoms with Gasteiger partial charge in [-0.15, -0.1) is 0 Å². The minimum atomic E-state index is 0.434. The number of rotatable bonds is 7. The van der Waals surface area contributed by atoms with Crippen molar-refractivity contribution in [2.75, 3.05) is 13.1 Å². The van der Waals surface area contributed by atoms with E-state index in [9.17, 15) is 0 Å². The first kappa shape index (κ1) is 13.2. The Kier molecular flexibility index (Phi) is 6.12. The molecule has 3 N–H and O–H groups in total. The van der Waals surface area contributed by atoms with Crippen LogP contribution >= 0.6 is 0 Å². The van der Waals surface area contributed by atoms with E-state index >= 15 is 0 Å². The van der Waals surface area contributed by atoms with Crippen molar-refractivity contribution in [3.8, 4) is 0 Å². The van der Waals surface area contributed by atoms with Crippen molar-refractivity contribution in [2.24, 2.45) is 5.73 Å². The number of hydrogen-bond donors (Lipinski definition) is 2. The lowest BCUT2D eigenvalue weighted by atomic mass is 10.0. The van der Waals surface area contributed by atoms with Gasteiger partial charge in [-0.05, 0) is 50.4 Å². The van der Waals surface area contributed by atoms with Gasteiger partial charge in [0.2, 0.25) is 0 Å². The maximum absolute atomic E-state index is 5.46. The highest BCUT2D eigenvalue weighted by Crippen LogP contribution is 2.13. The molecule has 0 aromatic heterocycles. The minimum absolute atomic E-state index is 0.434. The topological polar surface area (TPSA) is 38.0 Å². The number of benzene rings is 1. The van der Waals surface area contributed by atoms with Crippen LogP contribution in [0.4, 0.5) is 0 Å². The molecule has 0 aliphatic carbocycles. The average molecular weight is 220 g/mol. The molecule has 0 saturated heterocycles. The lowest BCUT2D eigenvalue weighted by molar-refractivity contribution is 0.549. The summed E-state index contributed by atoms with van der Waals surface area (Å²) in [6, 6.07) is 9.31. The Morgan fingerprint density at radius 2 is 1.88 bits per heavy atom. The highest BCUT2D eigenvalue weighted by Gasteiger charge is 2.03. The molecule has 1 aromatic carbocycles. The summed E-state index contributed by atoms with van der Waals surface area (Å²) in [4.78, 5) is 0. The molecule has 2 nitrogen and oxygen atoms in total. The van der Waals surface area contributed by atoms with E-state index in [1.807, 2.05) is 0 Å². The highest BCUT2D eigenvalue weighted by molar-refractivity contribution is 5.24. The Hall–Kier alpha value is -0.860. The molecule has 0 bridgehead atoms. The number of aryl methyl sites for hydroxylation is 1. The van der Waals surface area contributed by atoms with Crippen LogP contribution in [0.1, 0.15) is 43.9 Å². The fraction of sp³-hybridized carbons (Fsp3) is 0.571. The zero-order chi connectivity index (χ0) is 11.8. The van der Waals surface area contributed by atoms with Crippen molar-refractivity contribution in [3.05, 3.63) is 35.4 Å². The first-order chi connectivity index (χ1) is 7.77. The standard InChI is InChI=1S/C14H24N2/c1-3-13-6-8-14(9-7-13)12(2)16-11-5-4-10-15/h6-9,12,16H,3-5,10-11,15H2,1-2H3. The molecule has 0 radical (unpaired) electrons. The van der Waals surface area contributed by atoms with Crippen LogP contribution in [-0.4, -0.2) is 13.1 Å². The molecule has 1 aromatic rings. The third-order valence-electron chi connectivity index (χ3n) is 2.97. The summed E-state index contributed by atoms with van der Waals surface area (Å²) in [5.41, 5.74) is 8.23. The maximum atomic E-state index is 5.46. The molecular weight excluding hydrogens is 196 g/mol. The predicted octanol–water partition coefficient (Wildman–Crippen LogP) is 2.64. The van der Waals surface area contributed by atoms with Crippen molar-refractivity contribution >= 4 is 0 Å². The average Bonchev–Trinajstić information content (AvgIpc) is 2.34. The molecule has 1 unspecified atom stereocenters. The summed E-state index contributed by atoms with van der Waals surface area (Å²) in [6.07, 6.45) is 3.38. The Labute approximate surface area is 99.2 Å².